The van der Waals surface area contributed by atoms with Crippen LogP contribution >= 0.6 is 15.9 Å². The van der Waals surface area contributed by atoms with Gasteiger partial charge >= 0.3 is 5.97 Å². The van der Waals surface area contributed by atoms with Crippen molar-refractivity contribution in [2.24, 2.45) is 0 Å². The van der Waals surface area contributed by atoms with E-state index >= 15 is 0 Å². The summed E-state index contributed by atoms with van der Waals surface area (Å²) >= 11 is 3.23. The molecular weight excluding hydrogens is 327 g/mol. The molecule has 4 N–H and O–H groups in total. The number of anilines is 2. The van der Waals surface area contributed by atoms with Gasteiger partial charge in [-0.05, 0) is 36.4 Å². The highest BCUT2D eigenvalue weighted by atomic mass is 79.9. The lowest BCUT2D eigenvalue weighted by Crippen LogP contribution is -2.07. The van der Waals surface area contributed by atoms with Crippen LogP contribution in [0.15, 0.2) is 40.9 Å². The topological polar surface area (TPSA) is 78.3 Å². The first kappa shape index (κ1) is 14.3. The number of ether oxygens (including phenoxy) is 1. The third-order valence-electron chi connectivity index (χ3n) is 2.58. The van der Waals surface area contributed by atoms with Crippen LogP contribution in [0.25, 0.3) is 0 Å². The van der Waals surface area contributed by atoms with Gasteiger partial charge in [-0.1, -0.05) is 15.9 Å². The van der Waals surface area contributed by atoms with Crippen LogP contribution in [-0.2, 0) is 11.3 Å². The summed E-state index contributed by atoms with van der Waals surface area (Å²) in [5, 5.41) is 0. The number of carbonyl (C=O) groups is 1. The maximum absolute atomic E-state index is 13.5. The molecule has 0 aliphatic rings. The molecule has 0 saturated carbocycles. The average Bonchev–Trinajstić information content (AvgIpc) is 2.38. The molecule has 0 heterocycles. The van der Waals surface area contributed by atoms with Gasteiger partial charge in [0.15, 0.2) is 0 Å². The Morgan fingerprint density at radius 2 is 1.80 bits per heavy atom. The molecule has 0 saturated heterocycles. The maximum Gasteiger partial charge on any atom is 0.338 e. The van der Waals surface area contributed by atoms with E-state index in [2.05, 4.69) is 15.9 Å². The zero-order valence-electron chi connectivity index (χ0n) is 10.4. The summed E-state index contributed by atoms with van der Waals surface area (Å²) in [6.07, 6.45) is 0. The van der Waals surface area contributed by atoms with Crippen LogP contribution in [0.4, 0.5) is 15.8 Å². The Labute approximate surface area is 123 Å². The highest BCUT2D eigenvalue weighted by molar-refractivity contribution is 9.10. The van der Waals surface area contributed by atoms with Crippen LogP contribution in [0.5, 0.6) is 0 Å². The zero-order chi connectivity index (χ0) is 14.7. The second-order valence-electron chi connectivity index (χ2n) is 4.20. The molecule has 0 aromatic heterocycles. The highest BCUT2D eigenvalue weighted by Crippen LogP contribution is 2.18. The second-order valence-corrected chi connectivity index (χ2v) is 5.12. The van der Waals surface area contributed by atoms with E-state index in [1.165, 1.54) is 24.3 Å². The molecule has 0 unspecified atom stereocenters. The summed E-state index contributed by atoms with van der Waals surface area (Å²) in [4.78, 5) is 11.9. The first-order chi connectivity index (χ1) is 9.45. The Balaban J connectivity index is 2.10. The average molecular weight is 339 g/mol. The Bertz CT molecular complexity index is 641. The van der Waals surface area contributed by atoms with E-state index in [-0.39, 0.29) is 17.7 Å². The molecule has 6 heteroatoms. The number of nitrogens with two attached hydrogens (primary N) is 2. The van der Waals surface area contributed by atoms with Gasteiger partial charge in [-0.25, -0.2) is 9.18 Å². The fraction of sp³-hybridized carbons (Fsp3) is 0.0714. The minimum absolute atomic E-state index is 0.168. The number of halogens is 2. The van der Waals surface area contributed by atoms with Crippen molar-refractivity contribution < 1.29 is 13.9 Å². The van der Waals surface area contributed by atoms with Gasteiger partial charge in [0.2, 0.25) is 0 Å². The molecule has 0 spiro atoms. The number of hydrogen-bond donors (Lipinski definition) is 2. The molecule has 4 nitrogen and oxygen atoms in total. The van der Waals surface area contributed by atoms with Crippen molar-refractivity contribution in [3.8, 4) is 0 Å². The van der Waals surface area contributed by atoms with Crippen LogP contribution in [0, 0.1) is 5.82 Å². The van der Waals surface area contributed by atoms with E-state index in [9.17, 15) is 9.18 Å². The normalized spacial score (nSPS) is 10.3. The second kappa shape index (κ2) is 5.92. The third-order valence-corrected chi connectivity index (χ3v) is 3.07. The number of carbonyl (C=O) groups excluding carboxylic acids is 1. The number of nitrogen functional groups attached to an aromatic ring is 2. The smallest absolute Gasteiger partial charge is 0.338 e. The predicted octanol–water partition coefficient (Wildman–Crippen LogP) is 3.11. The van der Waals surface area contributed by atoms with Crippen molar-refractivity contribution in [2.45, 2.75) is 6.61 Å². The Morgan fingerprint density at radius 1 is 1.15 bits per heavy atom. The molecule has 2 aromatic carbocycles. The van der Waals surface area contributed by atoms with E-state index in [1.54, 1.807) is 12.1 Å². The Hall–Kier alpha value is -2.08. The van der Waals surface area contributed by atoms with Crippen LogP contribution in [-0.4, -0.2) is 5.97 Å². The minimum Gasteiger partial charge on any atom is -0.457 e. The first-order valence-electron chi connectivity index (χ1n) is 5.73. The molecule has 0 amide bonds. The minimum atomic E-state index is -0.608. The fourth-order valence-corrected chi connectivity index (χ4v) is 2.08. The standard InChI is InChI=1S/C14H12BrFN2O2/c15-10-1-2-13(16)9(3-10)7-20-14(19)8-4-11(17)6-12(18)5-8/h1-6H,7,17-18H2. The first-order valence-corrected chi connectivity index (χ1v) is 6.52. The van der Waals surface area contributed by atoms with Gasteiger partial charge in [-0.2, -0.15) is 0 Å². The van der Waals surface area contributed by atoms with Gasteiger partial charge in [0.1, 0.15) is 12.4 Å². The molecule has 20 heavy (non-hydrogen) atoms. The van der Waals surface area contributed by atoms with Crippen molar-refractivity contribution in [3.05, 3.63) is 57.8 Å². The Morgan fingerprint density at radius 3 is 2.45 bits per heavy atom. The predicted molar refractivity (Wildman–Crippen MR) is 78.5 cm³/mol. The van der Waals surface area contributed by atoms with E-state index < -0.39 is 11.8 Å². The summed E-state index contributed by atoms with van der Waals surface area (Å²) in [6.45, 7) is -0.168. The summed E-state index contributed by atoms with van der Waals surface area (Å²) in [7, 11) is 0. The number of rotatable bonds is 3. The van der Waals surface area contributed by atoms with Gasteiger partial charge in [-0.15, -0.1) is 0 Å². The zero-order valence-corrected chi connectivity index (χ0v) is 12.0. The lowest BCUT2D eigenvalue weighted by molar-refractivity contribution is 0.0469. The summed E-state index contributed by atoms with van der Waals surface area (Å²) in [5.41, 5.74) is 12.4. The lowest BCUT2D eigenvalue weighted by atomic mass is 10.2. The summed E-state index contributed by atoms with van der Waals surface area (Å²) in [5.74, 6) is -1.04. The van der Waals surface area contributed by atoms with Gasteiger partial charge in [0, 0.05) is 21.4 Å². The van der Waals surface area contributed by atoms with E-state index in [1.807, 2.05) is 0 Å². The van der Waals surface area contributed by atoms with Crippen LogP contribution in [0.1, 0.15) is 15.9 Å². The van der Waals surface area contributed by atoms with Crippen molar-refractivity contribution >= 4 is 33.3 Å². The molecule has 0 fully saturated rings. The Kier molecular flexibility index (Phi) is 4.24. The van der Waals surface area contributed by atoms with E-state index in [4.69, 9.17) is 16.2 Å². The summed E-state index contributed by atoms with van der Waals surface area (Å²) in [6, 6.07) is 8.86. The SMILES string of the molecule is Nc1cc(N)cc(C(=O)OCc2cc(Br)ccc2F)c1. The molecule has 104 valence electrons. The van der Waals surface area contributed by atoms with Crippen LogP contribution in [0.2, 0.25) is 0 Å². The van der Waals surface area contributed by atoms with E-state index in [0.717, 1.165) is 0 Å². The van der Waals surface area contributed by atoms with Gasteiger partial charge in [-0.3, -0.25) is 0 Å². The quantitative estimate of drug-likeness (QED) is 0.665. The molecule has 0 radical (unpaired) electrons. The van der Waals surface area contributed by atoms with E-state index in [0.29, 0.717) is 15.8 Å². The number of hydrogen-bond acceptors (Lipinski definition) is 4. The number of benzene rings is 2. The van der Waals surface area contributed by atoms with Crippen molar-refractivity contribution in [1.29, 1.82) is 0 Å². The highest BCUT2D eigenvalue weighted by Gasteiger charge is 2.11. The monoisotopic (exact) mass is 338 g/mol. The lowest BCUT2D eigenvalue weighted by Gasteiger charge is -2.07. The molecule has 0 bridgehead atoms. The third kappa shape index (κ3) is 3.48. The summed E-state index contributed by atoms with van der Waals surface area (Å²) < 4.78 is 19.3. The van der Waals surface area contributed by atoms with Crippen molar-refractivity contribution in [2.75, 3.05) is 11.5 Å². The van der Waals surface area contributed by atoms with Gasteiger partial charge in [0.05, 0.1) is 5.56 Å². The molecule has 0 aliphatic carbocycles. The van der Waals surface area contributed by atoms with Gasteiger partial charge < -0.3 is 16.2 Å². The van der Waals surface area contributed by atoms with Crippen molar-refractivity contribution in [1.82, 2.24) is 0 Å². The molecule has 0 atom stereocenters. The molecule has 2 rings (SSSR count). The largest absolute Gasteiger partial charge is 0.457 e. The van der Waals surface area contributed by atoms with Gasteiger partial charge in [0.25, 0.3) is 0 Å². The van der Waals surface area contributed by atoms with Crippen LogP contribution in [0.3, 0.4) is 0 Å². The molecule has 0 aliphatic heterocycles. The van der Waals surface area contributed by atoms with Crippen LogP contribution < -0.4 is 11.5 Å². The maximum atomic E-state index is 13.5. The van der Waals surface area contributed by atoms with Crippen molar-refractivity contribution in [3.63, 3.8) is 0 Å². The fourth-order valence-electron chi connectivity index (χ4n) is 1.67. The molecular formula is C14H12BrFN2O2. The number of esters is 1. The molecule has 2 aromatic rings.